The van der Waals surface area contributed by atoms with Crippen LogP contribution in [0.5, 0.6) is 11.5 Å². The first-order chi connectivity index (χ1) is 13.2. The molecule has 0 amide bonds. The molecule has 27 heavy (non-hydrogen) atoms. The lowest BCUT2D eigenvalue weighted by Crippen LogP contribution is -2.00. The number of halogens is 1. The first-order valence-corrected chi connectivity index (χ1v) is 9.56. The van der Waals surface area contributed by atoms with Gasteiger partial charge in [-0.3, -0.25) is 0 Å². The third-order valence-corrected chi connectivity index (χ3v) is 5.30. The minimum absolute atomic E-state index is 0.293. The summed E-state index contributed by atoms with van der Waals surface area (Å²) in [4.78, 5) is 4.50. The molecule has 1 aliphatic rings. The number of rotatable bonds is 4. The van der Waals surface area contributed by atoms with Gasteiger partial charge in [-0.15, -0.1) is 0 Å². The summed E-state index contributed by atoms with van der Waals surface area (Å²) in [5.74, 6) is 1.98. The Bertz CT molecular complexity index is 972. The van der Waals surface area contributed by atoms with Crippen molar-refractivity contribution in [3.05, 3.63) is 77.1 Å². The molecule has 4 rings (SSSR count). The Labute approximate surface area is 164 Å². The maximum Gasteiger partial charge on any atom is 0.147 e. The molecule has 0 radical (unpaired) electrons. The second-order valence-electron chi connectivity index (χ2n) is 6.79. The third-order valence-electron chi connectivity index (χ3n) is 5.02. The summed E-state index contributed by atoms with van der Waals surface area (Å²) < 4.78 is 5.85. The van der Waals surface area contributed by atoms with Gasteiger partial charge in [-0.2, -0.15) is 5.26 Å². The molecule has 0 spiro atoms. The average molecular weight is 375 g/mol. The van der Waals surface area contributed by atoms with E-state index in [1.165, 1.54) is 12.8 Å². The summed E-state index contributed by atoms with van der Waals surface area (Å²) in [6.45, 7) is 0. The topological polar surface area (TPSA) is 45.9 Å². The van der Waals surface area contributed by atoms with E-state index in [0.717, 1.165) is 41.2 Å². The van der Waals surface area contributed by atoms with Crippen molar-refractivity contribution >= 4 is 11.6 Å². The van der Waals surface area contributed by atoms with E-state index in [-0.39, 0.29) is 0 Å². The number of nitrogens with zero attached hydrogens (tertiary/aromatic N) is 2. The molecule has 3 aromatic rings. The number of hydrogen-bond donors (Lipinski definition) is 0. The Balaban J connectivity index is 1.66. The molecule has 0 atom stereocenters. The highest BCUT2D eigenvalue weighted by Gasteiger charge is 2.22. The van der Waals surface area contributed by atoms with E-state index in [2.05, 4.69) is 11.1 Å². The monoisotopic (exact) mass is 374 g/mol. The Kier molecular flexibility index (Phi) is 5.09. The highest BCUT2D eigenvalue weighted by Crippen LogP contribution is 2.37. The van der Waals surface area contributed by atoms with Gasteiger partial charge in [-0.25, -0.2) is 4.98 Å². The smallest absolute Gasteiger partial charge is 0.147 e. The van der Waals surface area contributed by atoms with Gasteiger partial charge in [0.2, 0.25) is 0 Å². The van der Waals surface area contributed by atoms with Crippen LogP contribution in [0.2, 0.25) is 5.15 Å². The van der Waals surface area contributed by atoms with Crippen molar-refractivity contribution in [2.75, 3.05) is 0 Å². The Morgan fingerprint density at radius 1 is 0.963 bits per heavy atom. The molecule has 4 heteroatoms. The maximum atomic E-state index is 9.57. The van der Waals surface area contributed by atoms with Crippen LogP contribution in [0, 0.1) is 11.3 Å². The van der Waals surface area contributed by atoms with E-state index in [9.17, 15) is 5.26 Å². The fraction of sp³-hybridized carbons (Fsp3) is 0.217. The quantitative estimate of drug-likeness (QED) is 0.476. The molecule has 1 saturated carbocycles. The van der Waals surface area contributed by atoms with Crippen LogP contribution >= 0.6 is 11.6 Å². The third kappa shape index (κ3) is 3.82. The van der Waals surface area contributed by atoms with E-state index in [1.807, 2.05) is 60.7 Å². The van der Waals surface area contributed by atoms with Gasteiger partial charge in [0.25, 0.3) is 0 Å². The fourth-order valence-electron chi connectivity index (χ4n) is 3.62. The van der Waals surface area contributed by atoms with Crippen LogP contribution < -0.4 is 4.74 Å². The SMILES string of the molecule is N#Cc1c(-c2ccc(Oc3ccccc3)cc2)cc(C2CCCC2)nc1Cl. The van der Waals surface area contributed by atoms with Crippen molar-refractivity contribution in [3.8, 4) is 28.7 Å². The van der Waals surface area contributed by atoms with Crippen LogP contribution in [0.3, 0.4) is 0 Å². The predicted molar refractivity (Wildman–Crippen MR) is 107 cm³/mol. The number of benzene rings is 2. The molecule has 1 fully saturated rings. The van der Waals surface area contributed by atoms with Gasteiger partial charge >= 0.3 is 0 Å². The summed E-state index contributed by atoms with van der Waals surface area (Å²) in [6.07, 6.45) is 4.73. The molecule has 0 N–H and O–H groups in total. The second-order valence-corrected chi connectivity index (χ2v) is 7.15. The molecule has 1 aliphatic carbocycles. The van der Waals surface area contributed by atoms with Crippen LogP contribution in [-0.4, -0.2) is 4.98 Å². The molecule has 1 heterocycles. The van der Waals surface area contributed by atoms with Crippen molar-refractivity contribution in [2.45, 2.75) is 31.6 Å². The van der Waals surface area contributed by atoms with E-state index >= 15 is 0 Å². The molecule has 0 aliphatic heterocycles. The minimum atomic E-state index is 0.293. The lowest BCUT2D eigenvalue weighted by atomic mass is 9.96. The highest BCUT2D eigenvalue weighted by atomic mass is 35.5. The summed E-state index contributed by atoms with van der Waals surface area (Å²) in [5.41, 5.74) is 3.20. The molecule has 3 nitrogen and oxygen atoms in total. The van der Waals surface area contributed by atoms with Crippen molar-refractivity contribution in [1.29, 1.82) is 5.26 Å². The Morgan fingerprint density at radius 3 is 2.30 bits per heavy atom. The molecule has 134 valence electrons. The molecule has 0 saturated heterocycles. The zero-order valence-electron chi connectivity index (χ0n) is 14.9. The molecule has 0 unspecified atom stereocenters. The van der Waals surface area contributed by atoms with E-state index < -0.39 is 0 Å². The zero-order chi connectivity index (χ0) is 18.6. The largest absolute Gasteiger partial charge is 0.457 e. The summed E-state index contributed by atoms with van der Waals surface area (Å²) in [7, 11) is 0. The average Bonchev–Trinajstić information content (AvgIpc) is 3.24. The summed E-state index contributed by atoms with van der Waals surface area (Å²) in [6, 6.07) is 21.6. The highest BCUT2D eigenvalue weighted by molar-refractivity contribution is 6.31. The van der Waals surface area contributed by atoms with Crippen LogP contribution in [0.1, 0.15) is 42.9 Å². The number of para-hydroxylation sites is 1. The summed E-state index contributed by atoms with van der Waals surface area (Å²) >= 11 is 6.34. The first-order valence-electron chi connectivity index (χ1n) is 9.18. The van der Waals surface area contributed by atoms with Gasteiger partial charge in [0.1, 0.15) is 22.7 Å². The van der Waals surface area contributed by atoms with Gasteiger partial charge in [0, 0.05) is 17.2 Å². The molecule has 2 aromatic carbocycles. The van der Waals surface area contributed by atoms with Crippen LogP contribution in [-0.2, 0) is 0 Å². The molecule has 0 bridgehead atoms. The van der Waals surface area contributed by atoms with Gasteiger partial charge < -0.3 is 4.74 Å². The van der Waals surface area contributed by atoms with Gasteiger partial charge in [-0.05, 0) is 48.7 Å². The lowest BCUT2D eigenvalue weighted by Gasteiger charge is -2.14. The number of aromatic nitrogens is 1. The zero-order valence-corrected chi connectivity index (χ0v) is 15.6. The van der Waals surface area contributed by atoms with Crippen LogP contribution in [0.15, 0.2) is 60.7 Å². The van der Waals surface area contributed by atoms with E-state index in [1.54, 1.807) is 0 Å². The van der Waals surface area contributed by atoms with Crippen molar-refractivity contribution in [1.82, 2.24) is 4.98 Å². The standard InChI is InChI=1S/C23H19ClN2O/c24-23-21(15-25)20(14-22(26-23)17-6-4-5-7-17)16-10-12-19(13-11-16)27-18-8-2-1-3-9-18/h1-3,8-14,17H,4-7H2. The Hall–Kier alpha value is -2.83. The molecule has 1 aromatic heterocycles. The normalized spacial score (nSPS) is 14.1. The Morgan fingerprint density at radius 2 is 1.63 bits per heavy atom. The molecular weight excluding hydrogens is 356 g/mol. The fourth-order valence-corrected chi connectivity index (χ4v) is 3.87. The summed E-state index contributed by atoms with van der Waals surface area (Å²) in [5, 5.41) is 9.86. The lowest BCUT2D eigenvalue weighted by molar-refractivity contribution is 0.483. The van der Waals surface area contributed by atoms with Crippen molar-refractivity contribution in [2.24, 2.45) is 0 Å². The second kappa shape index (κ2) is 7.82. The number of hydrogen-bond acceptors (Lipinski definition) is 3. The minimum Gasteiger partial charge on any atom is -0.457 e. The number of ether oxygens (including phenoxy) is 1. The number of nitriles is 1. The van der Waals surface area contributed by atoms with Gasteiger partial charge in [0.05, 0.1) is 5.56 Å². The van der Waals surface area contributed by atoms with Crippen LogP contribution in [0.25, 0.3) is 11.1 Å². The predicted octanol–water partition coefficient (Wildman–Crippen LogP) is 6.72. The van der Waals surface area contributed by atoms with E-state index in [4.69, 9.17) is 16.3 Å². The van der Waals surface area contributed by atoms with E-state index in [0.29, 0.717) is 16.6 Å². The van der Waals surface area contributed by atoms with Gasteiger partial charge in [0.15, 0.2) is 0 Å². The van der Waals surface area contributed by atoms with Crippen LogP contribution in [0.4, 0.5) is 0 Å². The first kappa shape index (κ1) is 17.6. The number of pyridine rings is 1. The maximum absolute atomic E-state index is 9.57. The van der Waals surface area contributed by atoms with Crippen molar-refractivity contribution < 1.29 is 4.74 Å². The van der Waals surface area contributed by atoms with Crippen molar-refractivity contribution in [3.63, 3.8) is 0 Å². The van der Waals surface area contributed by atoms with Gasteiger partial charge in [-0.1, -0.05) is 54.8 Å². The molecular formula is C23H19ClN2O.